The molecule has 0 amide bonds. The lowest BCUT2D eigenvalue weighted by molar-refractivity contribution is -0.151. The molecule has 1 aliphatic heterocycles. The number of benzene rings is 1. The molecule has 0 saturated carbocycles. The van der Waals surface area contributed by atoms with Gasteiger partial charge in [-0.05, 0) is 43.9 Å². The van der Waals surface area contributed by atoms with Gasteiger partial charge in [0, 0.05) is 29.5 Å². The molecule has 0 radical (unpaired) electrons. The summed E-state index contributed by atoms with van der Waals surface area (Å²) in [7, 11) is 2.67. The van der Waals surface area contributed by atoms with Crippen molar-refractivity contribution in [2.24, 2.45) is 11.8 Å². The van der Waals surface area contributed by atoms with Gasteiger partial charge in [-0.3, -0.25) is 9.59 Å². The third-order valence-electron chi connectivity index (χ3n) is 6.16. The third kappa shape index (κ3) is 4.79. The van der Waals surface area contributed by atoms with Crippen LogP contribution in [0.15, 0.2) is 40.7 Å². The number of phenols is 1. The van der Waals surface area contributed by atoms with E-state index in [1.165, 1.54) is 20.3 Å². The summed E-state index contributed by atoms with van der Waals surface area (Å²) in [5.74, 6) is -3.66. The monoisotopic (exact) mass is 473 g/mol. The van der Waals surface area contributed by atoms with Crippen LogP contribution >= 0.6 is 0 Å². The standard InChI is InChI=1S/C25H31NO8/c1-6-33-9-10-34-25(30)20-14(3)26-16-11-13(2)19(24(29)32-5)23(28)22(16)21(20)15-7-8-18(31-4)17(27)12-15/h7-8,12-13,19,21,26-27H,6,9-11H2,1-5H3/t13-,19+,21+/m0/s1. The number of nitrogens with one attached hydrogen (secondary N) is 1. The maximum atomic E-state index is 13.7. The number of aromatic hydroxyl groups is 1. The Morgan fingerprint density at radius 3 is 2.56 bits per heavy atom. The highest BCUT2D eigenvalue weighted by Gasteiger charge is 2.47. The summed E-state index contributed by atoms with van der Waals surface area (Å²) in [6, 6.07) is 4.70. The van der Waals surface area contributed by atoms with E-state index in [9.17, 15) is 19.5 Å². The van der Waals surface area contributed by atoms with E-state index >= 15 is 0 Å². The Hall–Kier alpha value is -3.33. The molecule has 0 spiro atoms. The molecule has 0 unspecified atom stereocenters. The fourth-order valence-corrected chi connectivity index (χ4v) is 4.59. The first-order valence-corrected chi connectivity index (χ1v) is 11.2. The van der Waals surface area contributed by atoms with E-state index < -0.39 is 29.6 Å². The third-order valence-corrected chi connectivity index (χ3v) is 6.16. The van der Waals surface area contributed by atoms with E-state index in [0.717, 1.165) is 0 Å². The van der Waals surface area contributed by atoms with E-state index in [1.807, 2.05) is 13.8 Å². The van der Waals surface area contributed by atoms with Crippen molar-refractivity contribution < 1.29 is 38.4 Å². The lowest BCUT2D eigenvalue weighted by atomic mass is 9.69. The minimum absolute atomic E-state index is 0.0473. The van der Waals surface area contributed by atoms with Gasteiger partial charge in [0.25, 0.3) is 0 Å². The smallest absolute Gasteiger partial charge is 0.336 e. The van der Waals surface area contributed by atoms with Gasteiger partial charge in [0.15, 0.2) is 17.3 Å². The van der Waals surface area contributed by atoms with Crippen LogP contribution in [0, 0.1) is 11.8 Å². The summed E-state index contributed by atoms with van der Waals surface area (Å²) in [6.45, 7) is 6.17. The molecule has 0 saturated heterocycles. The van der Waals surface area contributed by atoms with Gasteiger partial charge in [-0.2, -0.15) is 0 Å². The van der Waals surface area contributed by atoms with Crippen molar-refractivity contribution in [1.29, 1.82) is 0 Å². The summed E-state index contributed by atoms with van der Waals surface area (Å²) in [5, 5.41) is 13.6. The average molecular weight is 474 g/mol. The molecular formula is C25H31NO8. The van der Waals surface area contributed by atoms with Crippen LogP contribution in [0.25, 0.3) is 0 Å². The van der Waals surface area contributed by atoms with E-state index in [4.69, 9.17) is 18.9 Å². The second-order valence-electron chi connectivity index (χ2n) is 8.30. The largest absolute Gasteiger partial charge is 0.504 e. The van der Waals surface area contributed by atoms with Gasteiger partial charge in [-0.1, -0.05) is 13.0 Å². The maximum absolute atomic E-state index is 13.7. The lowest BCUT2D eigenvalue weighted by Crippen LogP contribution is -2.43. The maximum Gasteiger partial charge on any atom is 0.336 e. The van der Waals surface area contributed by atoms with Crippen LogP contribution < -0.4 is 10.1 Å². The summed E-state index contributed by atoms with van der Waals surface area (Å²) in [5.41, 5.74) is 2.19. The van der Waals surface area contributed by atoms with Crippen LogP contribution in [-0.2, 0) is 28.6 Å². The molecule has 0 fully saturated rings. The normalized spacial score (nSPS) is 22.1. The fraction of sp³-hybridized carbons (Fsp3) is 0.480. The van der Waals surface area contributed by atoms with Gasteiger partial charge in [-0.15, -0.1) is 0 Å². The molecule has 0 aromatic heterocycles. The number of carbonyl (C=O) groups excluding carboxylic acids is 3. The second-order valence-corrected chi connectivity index (χ2v) is 8.30. The minimum Gasteiger partial charge on any atom is -0.504 e. The first-order chi connectivity index (χ1) is 16.2. The molecule has 2 aliphatic rings. The molecule has 34 heavy (non-hydrogen) atoms. The van der Waals surface area contributed by atoms with Gasteiger partial charge >= 0.3 is 11.9 Å². The average Bonchev–Trinajstić information content (AvgIpc) is 2.80. The summed E-state index contributed by atoms with van der Waals surface area (Å²) >= 11 is 0. The van der Waals surface area contributed by atoms with Crippen LogP contribution in [0.5, 0.6) is 11.5 Å². The first-order valence-electron chi connectivity index (χ1n) is 11.2. The van der Waals surface area contributed by atoms with Crippen molar-refractivity contribution in [2.45, 2.75) is 33.1 Å². The predicted octanol–water partition coefficient (Wildman–Crippen LogP) is 2.59. The number of Topliss-reactive ketones (excluding diaryl/α,β-unsaturated/α-hetero) is 1. The number of hydrogen-bond acceptors (Lipinski definition) is 9. The molecule has 1 heterocycles. The SMILES string of the molecule is CCOCCOC(=O)C1=C(C)NC2=C(C(=O)[C@H](C(=O)OC)[C@@H](C)C2)[C@@H]1c1ccc(OC)c(O)c1. The van der Waals surface area contributed by atoms with E-state index in [-0.39, 0.29) is 36.2 Å². The van der Waals surface area contributed by atoms with Crippen molar-refractivity contribution >= 4 is 17.7 Å². The highest BCUT2D eigenvalue weighted by atomic mass is 16.6. The zero-order valence-electron chi connectivity index (χ0n) is 20.1. The van der Waals surface area contributed by atoms with Crippen LogP contribution in [0.1, 0.15) is 38.7 Å². The second kappa shape index (κ2) is 10.7. The van der Waals surface area contributed by atoms with Crippen LogP contribution in [0.2, 0.25) is 0 Å². The topological polar surface area (TPSA) is 120 Å². The Balaban J connectivity index is 2.11. The first kappa shape index (κ1) is 25.3. The number of rotatable bonds is 8. The lowest BCUT2D eigenvalue weighted by Gasteiger charge is -2.38. The Morgan fingerprint density at radius 2 is 1.94 bits per heavy atom. The van der Waals surface area contributed by atoms with Gasteiger partial charge in [0.05, 0.1) is 26.4 Å². The summed E-state index contributed by atoms with van der Waals surface area (Å²) < 4.78 is 20.7. The number of carbonyl (C=O) groups is 3. The zero-order chi connectivity index (χ0) is 25.0. The fourth-order valence-electron chi connectivity index (χ4n) is 4.59. The number of methoxy groups -OCH3 is 2. The number of allylic oxidation sites excluding steroid dienone is 3. The van der Waals surface area contributed by atoms with Crippen molar-refractivity contribution in [3.8, 4) is 11.5 Å². The molecule has 1 aliphatic carbocycles. The Bertz CT molecular complexity index is 1040. The number of ether oxygens (including phenoxy) is 4. The summed E-state index contributed by atoms with van der Waals surface area (Å²) in [4.78, 5) is 39.3. The summed E-state index contributed by atoms with van der Waals surface area (Å²) in [6.07, 6.45) is 0.420. The highest BCUT2D eigenvalue weighted by molar-refractivity contribution is 6.12. The van der Waals surface area contributed by atoms with Crippen molar-refractivity contribution in [3.63, 3.8) is 0 Å². The zero-order valence-corrected chi connectivity index (χ0v) is 20.1. The quantitative estimate of drug-likeness (QED) is 0.333. The van der Waals surface area contributed by atoms with Gasteiger partial charge in [0.2, 0.25) is 0 Å². The van der Waals surface area contributed by atoms with E-state index in [0.29, 0.717) is 35.6 Å². The Morgan fingerprint density at radius 1 is 1.21 bits per heavy atom. The van der Waals surface area contributed by atoms with Crippen LogP contribution in [0.3, 0.4) is 0 Å². The van der Waals surface area contributed by atoms with E-state index in [1.54, 1.807) is 19.1 Å². The Kier molecular flexibility index (Phi) is 7.98. The molecular weight excluding hydrogens is 442 g/mol. The number of dihydropyridines is 1. The molecule has 1 aromatic rings. The van der Waals surface area contributed by atoms with E-state index in [2.05, 4.69) is 5.32 Å². The molecule has 3 atom stereocenters. The van der Waals surface area contributed by atoms with Crippen LogP contribution in [-0.4, -0.2) is 56.9 Å². The predicted molar refractivity (Wildman–Crippen MR) is 122 cm³/mol. The number of ketones is 1. The van der Waals surface area contributed by atoms with Crippen molar-refractivity contribution in [1.82, 2.24) is 5.32 Å². The molecule has 9 nitrogen and oxygen atoms in total. The van der Waals surface area contributed by atoms with Gasteiger partial charge in [0.1, 0.15) is 12.5 Å². The van der Waals surface area contributed by atoms with Crippen molar-refractivity contribution in [2.75, 3.05) is 34.0 Å². The van der Waals surface area contributed by atoms with Crippen molar-refractivity contribution in [3.05, 3.63) is 46.3 Å². The molecule has 2 N–H and O–H groups in total. The highest BCUT2D eigenvalue weighted by Crippen LogP contribution is 2.46. The molecule has 184 valence electrons. The minimum atomic E-state index is -0.992. The molecule has 9 heteroatoms. The number of hydrogen-bond donors (Lipinski definition) is 2. The molecule has 1 aromatic carbocycles. The van der Waals surface area contributed by atoms with Gasteiger partial charge < -0.3 is 29.4 Å². The molecule has 3 rings (SSSR count). The molecule has 0 bridgehead atoms. The number of esters is 2. The Labute approximate surface area is 198 Å². The number of phenolic OH excluding ortho intramolecular Hbond substituents is 1. The van der Waals surface area contributed by atoms with Gasteiger partial charge in [-0.25, -0.2) is 4.79 Å². The van der Waals surface area contributed by atoms with Crippen LogP contribution in [0.4, 0.5) is 0 Å².